The van der Waals surface area contributed by atoms with Crippen molar-refractivity contribution in [3.63, 3.8) is 0 Å². The highest BCUT2D eigenvalue weighted by molar-refractivity contribution is 9.11. The summed E-state index contributed by atoms with van der Waals surface area (Å²) in [6, 6.07) is 10.2. The quantitative estimate of drug-likeness (QED) is 0.778. The van der Waals surface area contributed by atoms with Gasteiger partial charge in [0.25, 0.3) is 0 Å². The maximum atomic E-state index is 12.4. The smallest absolute Gasteiger partial charge is 0.241 e. The zero-order valence-electron chi connectivity index (χ0n) is 11.2. The first-order valence-electron chi connectivity index (χ1n) is 6.29. The summed E-state index contributed by atoms with van der Waals surface area (Å²) in [5.74, 6) is 1.30. The standard InChI is InChI=1S/C14H11Br2NO4S/c15-10-2-4-14(11(16)6-10)22(18,19)17-7-9-1-3-12-13(5-9)21-8-20-12/h1-6,17H,7-8H2. The van der Waals surface area contributed by atoms with E-state index in [1.807, 2.05) is 0 Å². The molecule has 0 aromatic heterocycles. The third-order valence-electron chi connectivity index (χ3n) is 3.09. The maximum Gasteiger partial charge on any atom is 0.241 e. The number of hydrogen-bond donors (Lipinski definition) is 1. The van der Waals surface area contributed by atoms with Crippen molar-refractivity contribution in [2.24, 2.45) is 0 Å². The van der Waals surface area contributed by atoms with Crippen molar-refractivity contribution in [1.29, 1.82) is 0 Å². The van der Waals surface area contributed by atoms with Crippen LogP contribution >= 0.6 is 31.9 Å². The van der Waals surface area contributed by atoms with E-state index >= 15 is 0 Å². The van der Waals surface area contributed by atoms with E-state index in [9.17, 15) is 8.42 Å². The molecule has 1 aliphatic heterocycles. The van der Waals surface area contributed by atoms with Crippen molar-refractivity contribution >= 4 is 41.9 Å². The molecule has 0 saturated heterocycles. The van der Waals surface area contributed by atoms with Gasteiger partial charge in [0, 0.05) is 15.5 Å². The third kappa shape index (κ3) is 3.29. The minimum Gasteiger partial charge on any atom is -0.454 e. The minimum atomic E-state index is -3.61. The average molecular weight is 449 g/mol. The summed E-state index contributed by atoms with van der Waals surface area (Å²) in [4.78, 5) is 0.191. The number of nitrogens with one attached hydrogen (secondary N) is 1. The molecule has 116 valence electrons. The SMILES string of the molecule is O=S(=O)(NCc1ccc2c(c1)OCO2)c1ccc(Br)cc1Br. The number of benzene rings is 2. The van der Waals surface area contributed by atoms with Crippen LogP contribution in [-0.4, -0.2) is 15.2 Å². The maximum absolute atomic E-state index is 12.4. The second-order valence-electron chi connectivity index (χ2n) is 4.59. The second kappa shape index (κ2) is 6.19. The van der Waals surface area contributed by atoms with E-state index in [1.165, 1.54) is 6.07 Å². The van der Waals surface area contributed by atoms with Gasteiger partial charge in [-0.2, -0.15) is 0 Å². The highest BCUT2D eigenvalue weighted by Crippen LogP contribution is 2.32. The molecule has 1 heterocycles. The Balaban J connectivity index is 1.77. The highest BCUT2D eigenvalue weighted by Gasteiger charge is 2.18. The third-order valence-corrected chi connectivity index (χ3v) is 5.96. The van der Waals surface area contributed by atoms with Crippen molar-refractivity contribution in [2.45, 2.75) is 11.4 Å². The van der Waals surface area contributed by atoms with Gasteiger partial charge in [-0.05, 0) is 51.8 Å². The van der Waals surface area contributed by atoms with E-state index in [-0.39, 0.29) is 18.2 Å². The van der Waals surface area contributed by atoms with Crippen molar-refractivity contribution in [3.05, 3.63) is 50.9 Å². The molecule has 0 fully saturated rings. The van der Waals surface area contributed by atoms with Gasteiger partial charge in [0.1, 0.15) is 0 Å². The molecule has 1 aliphatic rings. The number of rotatable bonds is 4. The molecular weight excluding hydrogens is 438 g/mol. The van der Waals surface area contributed by atoms with Gasteiger partial charge in [0.05, 0.1) is 4.90 Å². The van der Waals surface area contributed by atoms with Crippen LogP contribution in [0.3, 0.4) is 0 Å². The minimum absolute atomic E-state index is 0.168. The second-order valence-corrected chi connectivity index (χ2v) is 8.09. The summed E-state index contributed by atoms with van der Waals surface area (Å²) in [6.45, 7) is 0.359. The lowest BCUT2D eigenvalue weighted by Gasteiger charge is -2.09. The van der Waals surface area contributed by atoms with E-state index in [0.717, 1.165) is 10.0 Å². The van der Waals surface area contributed by atoms with E-state index < -0.39 is 10.0 Å². The van der Waals surface area contributed by atoms with Gasteiger partial charge in [0.2, 0.25) is 16.8 Å². The summed E-state index contributed by atoms with van der Waals surface area (Å²) < 4.78 is 39.1. The first-order chi connectivity index (χ1) is 10.5. The molecule has 22 heavy (non-hydrogen) atoms. The molecule has 0 unspecified atom stereocenters. The Bertz CT molecular complexity index is 824. The highest BCUT2D eigenvalue weighted by atomic mass is 79.9. The molecule has 3 rings (SSSR count). The van der Waals surface area contributed by atoms with Gasteiger partial charge in [-0.3, -0.25) is 0 Å². The zero-order chi connectivity index (χ0) is 15.7. The summed E-state index contributed by atoms with van der Waals surface area (Å²) in [7, 11) is -3.61. The van der Waals surface area contributed by atoms with Crippen LogP contribution in [0.25, 0.3) is 0 Å². The first-order valence-corrected chi connectivity index (χ1v) is 9.36. The number of halogens is 2. The van der Waals surface area contributed by atoms with Gasteiger partial charge in [-0.1, -0.05) is 22.0 Å². The van der Waals surface area contributed by atoms with Gasteiger partial charge in [-0.25, -0.2) is 13.1 Å². The van der Waals surface area contributed by atoms with Gasteiger partial charge < -0.3 is 9.47 Å². The lowest BCUT2D eigenvalue weighted by molar-refractivity contribution is 0.174. The van der Waals surface area contributed by atoms with Crippen molar-refractivity contribution in [1.82, 2.24) is 4.72 Å². The van der Waals surface area contributed by atoms with Gasteiger partial charge >= 0.3 is 0 Å². The van der Waals surface area contributed by atoms with E-state index in [1.54, 1.807) is 30.3 Å². The largest absolute Gasteiger partial charge is 0.454 e. The van der Waals surface area contributed by atoms with Crippen LogP contribution in [0.2, 0.25) is 0 Å². The lowest BCUT2D eigenvalue weighted by Crippen LogP contribution is -2.23. The lowest BCUT2D eigenvalue weighted by atomic mass is 10.2. The van der Waals surface area contributed by atoms with Crippen LogP contribution in [0.1, 0.15) is 5.56 Å². The van der Waals surface area contributed by atoms with Crippen LogP contribution in [-0.2, 0) is 16.6 Å². The zero-order valence-corrected chi connectivity index (χ0v) is 15.2. The Kier molecular flexibility index (Phi) is 4.44. The molecule has 1 N–H and O–H groups in total. The Morgan fingerprint density at radius 1 is 1.05 bits per heavy atom. The molecule has 2 aromatic carbocycles. The Hall–Kier alpha value is -1.09. The van der Waals surface area contributed by atoms with Crippen molar-refractivity contribution in [3.8, 4) is 11.5 Å². The molecule has 0 bridgehead atoms. The summed E-state index contributed by atoms with van der Waals surface area (Å²) in [5.41, 5.74) is 0.793. The Labute approximate surface area is 144 Å². The molecule has 0 spiro atoms. The normalized spacial score (nSPS) is 13.4. The molecular formula is C14H11Br2NO4S. The van der Waals surface area contributed by atoms with Gasteiger partial charge in [-0.15, -0.1) is 0 Å². The molecule has 2 aromatic rings. The Morgan fingerprint density at radius 2 is 1.82 bits per heavy atom. The molecule has 0 radical (unpaired) electrons. The van der Waals surface area contributed by atoms with Crippen LogP contribution < -0.4 is 14.2 Å². The van der Waals surface area contributed by atoms with E-state index in [4.69, 9.17) is 9.47 Å². The Morgan fingerprint density at radius 3 is 2.59 bits per heavy atom. The molecule has 0 amide bonds. The topological polar surface area (TPSA) is 64.6 Å². The first kappa shape index (κ1) is 15.8. The predicted molar refractivity (Wildman–Crippen MR) is 88.4 cm³/mol. The predicted octanol–water partition coefficient (Wildman–Crippen LogP) is 3.42. The average Bonchev–Trinajstić information content (AvgIpc) is 2.92. The number of hydrogen-bond acceptors (Lipinski definition) is 4. The van der Waals surface area contributed by atoms with Crippen molar-refractivity contribution in [2.75, 3.05) is 6.79 Å². The number of sulfonamides is 1. The number of fused-ring (bicyclic) bond motifs is 1. The molecule has 8 heteroatoms. The monoisotopic (exact) mass is 447 g/mol. The van der Waals surface area contributed by atoms with Crippen LogP contribution in [0, 0.1) is 0 Å². The molecule has 5 nitrogen and oxygen atoms in total. The van der Waals surface area contributed by atoms with Crippen LogP contribution in [0.15, 0.2) is 50.2 Å². The summed E-state index contributed by atoms with van der Waals surface area (Å²) in [6.07, 6.45) is 0. The fourth-order valence-electron chi connectivity index (χ4n) is 2.00. The van der Waals surface area contributed by atoms with E-state index in [2.05, 4.69) is 36.6 Å². The van der Waals surface area contributed by atoms with E-state index in [0.29, 0.717) is 16.0 Å². The fourth-order valence-corrected chi connectivity index (χ4v) is 4.76. The fraction of sp³-hybridized carbons (Fsp3) is 0.143. The summed E-state index contributed by atoms with van der Waals surface area (Å²) in [5, 5.41) is 0. The molecule has 0 aliphatic carbocycles. The summed E-state index contributed by atoms with van der Waals surface area (Å²) >= 11 is 6.56. The number of ether oxygens (including phenoxy) is 2. The van der Waals surface area contributed by atoms with Crippen molar-refractivity contribution < 1.29 is 17.9 Å². The molecule has 0 saturated carbocycles. The van der Waals surface area contributed by atoms with Gasteiger partial charge in [0.15, 0.2) is 11.5 Å². The van der Waals surface area contributed by atoms with Crippen LogP contribution in [0.5, 0.6) is 11.5 Å². The molecule has 0 atom stereocenters. The van der Waals surface area contributed by atoms with Crippen LogP contribution in [0.4, 0.5) is 0 Å².